The van der Waals surface area contributed by atoms with Crippen molar-refractivity contribution >= 4 is 0 Å². The lowest BCUT2D eigenvalue weighted by Crippen LogP contribution is -2.32. The summed E-state index contributed by atoms with van der Waals surface area (Å²) in [4.78, 5) is 0. The van der Waals surface area contributed by atoms with Crippen molar-refractivity contribution in [2.24, 2.45) is 10.8 Å². The molecule has 0 saturated heterocycles. The third-order valence-electron chi connectivity index (χ3n) is 3.83. The molecule has 0 aliphatic heterocycles. The van der Waals surface area contributed by atoms with E-state index in [2.05, 4.69) is 71.9 Å². The summed E-state index contributed by atoms with van der Waals surface area (Å²) in [6, 6.07) is 11.0. The predicted molar refractivity (Wildman–Crippen MR) is 86.6 cm³/mol. The molecule has 1 aromatic carbocycles. The maximum atomic E-state index is 2.42. The van der Waals surface area contributed by atoms with Gasteiger partial charge in [0.25, 0.3) is 0 Å². The zero-order valence-electron chi connectivity index (χ0n) is 13.8. The molecule has 0 amide bonds. The van der Waals surface area contributed by atoms with Gasteiger partial charge in [0.15, 0.2) is 0 Å². The first-order valence-electron chi connectivity index (χ1n) is 7.84. The summed E-state index contributed by atoms with van der Waals surface area (Å²) in [6.07, 6.45) is 5.27. The number of hydrogen-bond acceptors (Lipinski definition) is 0. The van der Waals surface area contributed by atoms with Crippen molar-refractivity contribution in [1.29, 1.82) is 0 Å². The molecule has 1 saturated carbocycles. The van der Waals surface area contributed by atoms with Gasteiger partial charge in [-0.3, -0.25) is 0 Å². The summed E-state index contributed by atoms with van der Waals surface area (Å²) < 4.78 is 0. The molecule has 0 atom stereocenters. The maximum Gasteiger partial charge on any atom is -0.0152 e. The molecule has 108 valence electrons. The highest BCUT2D eigenvalue weighted by Crippen LogP contribution is 2.51. The molecule has 0 N–H and O–H groups in total. The largest absolute Gasteiger partial charge is 0.0656 e. The molecule has 0 unspecified atom stereocenters. The van der Waals surface area contributed by atoms with E-state index in [0.717, 1.165) is 5.92 Å². The molecule has 0 aromatic heterocycles. The van der Waals surface area contributed by atoms with Gasteiger partial charge in [-0.1, -0.05) is 78.3 Å². The highest BCUT2D eigenvalue weighted by atomic mass is 14.4. The highest BCUT2D eigenvalue weighted by molar-refractivity contribution is 5.21. The zero-order chi connectivity index (χ0) is 14.5. The predicted octanol–water partition coefficient (Wildman–Crippen LogP) is 6.42. The lowest BCUT2D eigenvalue weighted by molar-refractivity contribution is 0.0969. The van der Waals surface area contributed by atoms with Crippen molar-refractivity contribution < 1.29 is 0 Å². The molecule has 1 fully saturated rings. The molecule has 0 heteroatoms. The molecule has 0 bridgehead atoms. The monoisotopic (exact) mass is 260 g/mol. The fourth-order valence-corrected chi connectivity index (χ4v) is 3.81. The second-order valence-electron chi connectivity index (χ2n) is 7.73. The Morgan fingerprint density at radius 2 is 1.32 bits per heavy atom. The minimum atomic E-state index is 0.488. The quantitative estimate of drug-likeness (QED) is 0.546. The smallest absolute Gasteiger partial charge is 0.0152 e. The molecule has 0 spiro atoms. The number of hydrogen-bond donors (Lipinski definition) is 0. The van der Waals surface area contributed by atoms with Gasteiger partial charge in [-0.25, -0.2) is 0 Å². The maximum absolute atomic E-state index is 2.42. The summed E-state index contributed by atoms with van der Waals surface area (Å²) in [5.74, 6) is 0.750. The molecular formula is C19H32. The van der Waals surface area contributed by atoms with E-state index in [9.17, 15) is 0 Å². The molecular weight excluding hydrogens is 228 g/mol. The van der Waals surface area contributed by atoms with Gasteiger partial charge in [0, 0.05) is 0 Å². The van der Waals surface area contributed by atoms with Crippen LogP contribution in [0, 0.1) is 10.8 Å². The van der Waals surface area contributed by atoms with E-state index >= 15 is 0 Å². The van der Waals surface area contributed by atoms with Crippen molar-refractivity contribution in [3.05, 3.63) is 35.9 Å². The van der Waals surface area contributed by atoms with Gasteiger partial charge in [0.05, 0.1) is 0 Å². The fraction of sp³-hybridized carbons (Fsp3) is 0.684. The number of rotatable bonds is 1. The zero-order valence-corrected chi connectivity index (χ0v) is 13.8. The normalized spacial score (nSPS) is 21.4. The molecule has 1 aliphatic carbocycles. The van der Waals surface area contributed by atoms with Crippen LogP contribution in [0.3, 0.4) is 0 Å². The van der Waals surface area contributed by atoms with Crippen molar-refractivity contribution in [3.8, 4) is 0 Å². The van der Waals surface area contributed by atoms with E-state index in [1.807, 2.05) is 0 Å². The van der Waals surface area contributed by atoms with Gasteiger partial charge in [0.1, 0.15) is 0 Å². The van der Waals surface area contributed by atoms with Crippen molar-refractivity contribution in [1.82, 2.24) is 0 Å². The van der Waals surface area contributed by atoms with Crippen LogP contribution in [0.4, 0.5) is 0 Å². The highest BCUT2D eigenvalue weighted by Gasteiger charge is 2.38. The first-order chi connectivity index (χ1) is 8.79. The van der Waals surface area contributed by atoms with Crippen LogP contribution in [0.1, 0.15) is 78.7 Å². The molecule has 0 radical (unpaired) electrons. The Kier molecular flexibility index (Phi) is 5.64. The molecule has 0 heterocycles. The average Bonchev–Trinajstić information content (AvgIpc) is 2.27. The molecule has 1 aromatic rings. The molecule has 1 aliphatic rings. The van der Waals surface area contributed by atoms with Crippen LogP contribution in [-0.2, 0) is 0 Å². The van der Waals surface area contributed by atoms with Crippen LogP contribution in [0.15, 0.2) is 30.3 Å². The minimum Gasteiger partial charge on any atom is -0.0656 e. The Hall–Kier alpha value is -0.780. The van der Waals surface area contributed by atoms with E-state index < -0.39 is 0 Å². The number of benzene rings is 1. The lowest BCUT2D eigenvalue weighted by atomic mass is 9.60. The fourth-order valence-electron chi connectivity index (χ4n) is 3.81. The van der Waals surface area contributed by atoms with Crippen LogP contribution in [0.5, 0.6) is 0 Å². The van der Waals surface area contributed by atoms with Gasteiger partial charge in [0.2, 0.25) is 0 Å². The van der Waals surface area contributed by atoms with Crippen LogP contribution < -0.4 is 0 Å². The minimum absolute atomic E-state index is 0.488. The van der Waals surface area contributed by atoms with E-state index in [1.54, 1.807) is 0 Å². The Morgan fingerprint density at radius 3 is 1.74 bits per heavy atom. The molecule has 19 heavy (non-hydrogen) atoms. The van der Waals surface area contributed by atoms with Gasteiger partial charge >= 0.3 is 0 Å². The topological polar surface area (TPSA) is 0 Å². The van der Waals surface area contributed by atoms with E-state index in [-0.39, 0.29) is 0 Å². The summed E-state index contributed by atoms with van der Waals surface area (Å²) >= 11 is 0. The Morgan fingerprint density at radius 1 is 0.895 bits per heavy atom. The Bertz CT molecular complexity index is 343. The van der Waals surface area contributed by atoms with Crippen LogP contribution in [0.2, 0.25) is 0 Å². The Labute approximate surface area is 120 Å². The Balaban J connectivity index is 0.000000550. The average molecular weight is 260 g/mol. The summed E-state index contributed by atoms with van der Waals surface area (Å²) in [6.45, 7) is 13.9. The van der Waals surface area contributed by atoms with Crippen LogP contribution in [0.25, 0.3) is 0 Å². The van der Waals surface area contributed by atoms with Crippen molar-refractivity contribution in [2.75, 3.05) is 0 Å². The van der Waals surface area contributed by atoms with Crippen molar-refractivity contribution in [2.45, 2.75) is 73.1 Å². The van der Waals surface area contributed by atoms with Gasteiger partial charge in [-0.15, -0.1) is 0 Å². The van der Waals surface area contributed by atoms with Crippen LogP contribution >= 0.6 is 0 Å². The third kappa shape index (κ3) is 5.38. The molecule has 0 nitrogen and oxygen atoms in total. The first-order valence-corrected chi connectivity index (χ1v) is 7.84. The van der Waals surface area contributed by atoms with E-state index in [4.69, 9.17) is 0 Å². The van der Waals surface area contributed by atoms with E-state index in [1.165, 1.54) is 31.2 Å². The summed E-state index contributed by atoms with van der Waals surface area (Å²) in [7, 11) is 0. The van der Waals surface area contributed by atoms with Gasteiger partial charge in [-0.2, -0.15) is 0 Å². The van der Waals surface area contributed by atoms with Gasteiger partial charge in [-0.05, 0) is 41.6 Å². The lowest BCUT2D eigenvalue weighted by Gasteiger charge is -2.45. The standard InChI is InChI=1S/C16H24.C3H8/c1-15(2)10-14(11-16(3,4)12-15)13-8-6-5-7-9-13;1-3-2/h5-9,14H,10-12H2,1-4H3;3H2,1-2H3. The SMILES string of the molecule is CC1(C)CC(c2ccccc2)CC(C)(C)C1.CCC. The van der Waals surface area contributed by atoms with Gasteiger partial charge < -0.3 is 0 Å². The second kappa shape index (κ2) is 6.59. The summed E-state index contributed by atoms with van der Waals surface area (Å²) in [5.41, 5.74) is 2.51. The second-order valence-corrected chi connectivity index (χ2v) is 7.73. The third-order valence-corrected chi connectivity index (χ3v) is 3.83. The molecule has 2 rings (SSSR count). The van der Waals surface area contributed by atoms with Crippen LogP contribution in [-0.4, -0.2) is 0 Å². The summed E-state index contributed by atoms with van der Waals surface area (Å²) in [5, 5.41) is 0. The first kappa shape index (κ1) is 16.3. The van der Waals surface area contributed by atoms with E-state index in [0.29, 0.717) is 10.8 Å². The van der Waals surface area contributed by atoms with Crippen molar-refractivity contribution in [3.63, 3.8) is 0 Å².